The molecular formula is C10H17NO3. The van der Waals surface area contributed by atoms with Gasteiger partial charge in [0.15, 0.2) is 0 Å². The molecular weight excluding hydrogens is 182 g/mol. The standard InChI is InChI=1S/C10H17NO3/c1-6-7(12)11(9(2,3)4)10(6,5)8(13)14/h6H,1-5H3,(H,13,14). The Morgan fingerprint density at radius 2 is 1.93 bits per heavy atom. The van der Waals surface area contributed by atoms with E-state index in [0.29, 0.717) is 0 Å². The Balaban J connectivity index is 3.08. The number of amides is 1. The van der Waals surface area contributed by atoms with Crippen molar-refractivity contribution in [3.05, 3.63) is 0 Å². The Labute approximate surface area is 83.9 Å². The lowest BCUT2D eigenvalue weighted by Gasteiger charge is -2.57. The fourth-order valence-electron chi connectivity index (χ4n) is 2.10. The number of carboxylic acid groups (broad SMARTS) is 1. The molecule has 14 heavy (non-hydrogen) atoms. The van der Waals surface area contributed by atoms with Crippen LogP contribution >= 0.6 is 0 Å². The molecule has 1 aliphatic heterocycles. The van der Waals surface area contributed by atoms with E-state index in [0.717, 1.165) is 0 Å². The summed E-state index contributed by atoms with van der Waals surface area (Å²) >= 11 is 0. The predicted molar refractivity (Wildman–Crippen MR) is 51.8 cm³/mol. The van der Waals surface area contributed by atoms with Crippen LogP contribution in [-0.4, -0.2) is 33.0 Å². The second-order valence-electron chi connectivity index (χ2n) is 5.02. The molecule has 4 nitrogen and oxygen atoms in total. The minimum absolute atomic E-state index is 0.0811. The second-order valence-corrected chi connectivity index (χ2v) is 5.02. The van der Waals surface area contributed by atoms with E-state index in [9.17, 15) is 9.59 Å². The van der Waals surface area contributed by atoms with Crippen molar-refractivity contribution in [3.63, 3.8) is 0 Å². The van der Waals surface area contributed by atoms with Gasteiger partial charge in [-0.2, -0.15) is 0 Å². The van der Waals surface area contributed by atoms with Crippen LogP contribution in [0.4, 0.5) is 0 Å². The Morgan fingerprint density at radius 3 is 2.14 bits per heavy atom. The van der Waals surface area contributed by atoms with Crippen LogP contribution in [0, 0.1) is 5.92 Å². The molecule has 80 valence electrons. The number of likely N-dealkylation sites (tertiary alicyclic amines) is 1. The third-order valence-electron chi connectivity index (χ3n) is 3.00. The largest absolute Gasteiger partial charge is 0.479 e. The van der Waals surface area contributed by atoms with Crippen molar-refractivity contribution in [2.24, 2.45) is 5.92 Å². The van der Waals surface area contributed by atoms with Crippen LogP contribution in [0.15, 0.2) is 0 Å². The monoisotopic (exact) mass is 199 g/mol. The van der Waals surface area contributed by atoms with Crippen molar-refractivity contribution in [2.75, 3.05) is 0 Å². The first-order valence-electron chi connectivity index (χ1n) is 4.71. The van der Waals surface area contributed by atoms with E-state index in [1.54, 1.807) is 13.8 Å². The van der Waals surface area contributed by atoms with Crippen molar-refractivity contribution in [2.45, 2.75) is 45.7 Å². The summed E-state index contributed by atoms with van der Waals surface area (Å²) in [6, 6.07) is 0. The van der Waals surface area contributed by atoms with Gasteiger partial charge in [-0.05, 0) is 27.7 Å². The van der Waals surface area contributed by atoms with E-state index in [1.165, 1.54) is 4.90 Å². The summed E-state index contributed by atoms with van der Waals surface area (Å²) in [5.41, 5.74) is -1.48. The van der Waals surface area contributed by atoms with Crippen LogP contribution in [-0.2, 0) is 9.59 Å². The van der Waals surface area contributed by atoms with Crippen LogP contribution in [0.25, 0.3) is 0 Å². The van der Waals surface area contributed by atoms with Crippen LogP contribution in [0.2, 0.25) is 0 Å². The molecule has 0 saturated carbocycles. The van der Waals surface area contributed by atoms with Crippen molar-refractivity contribution in [1.82, 2.24) is 4.90 Å². The lowest BCUT2D eigenvalue weighted by molar-refractivity contribution is -0.194. The minimum Gasteiger partial charge on any atom is -0.479 e. The Morgan fingerprint density at radius 1 is 1.50 bits per heavy atom. The Bertz CT molecular complexity index is 292. The first kappa shape index (κ1) is 11.0. The molecule has 4 heteroatoms. The lowest BCUT2D eigenvalue weighted by Crippen LogP contribution is -2.76. The first-order valence-corrected chi connectivity index (χ1v) is 4.71. The molecule has 0 aromatic carbocycles. The van der Waals surface area contributed by atoms with Gasteiger partial charge in [0.2, 0.25) is 5.91 Å². The molecule has 2 atom stereocenters. The van der Waals surface area contributed by atoms with E-state index in [2.05, 4.69) is 0 Å². The summed E-state index contributed by atoms with van der Waals surface area (Å²) in [7, 11) is 0. The summed E-state index contributed by atoms with van der Waals surface area (Å²) in [4.78, 5) is 24.2. The van der Waals surface area contributed by atoms with Gasteiger partial charge in [0.25, 0.3) is 0 Å². The zero-order valence-electron chi connectivity index (χ0n) is 9.29. The number of carbonyl (C=O) groups is 2. The van der Waals surface area contributed by atoms with E-state index in [4.69, 9.17) is 5.11 Å². The van der Waals surface area contributed by atoms with Gasteiger partial charge in [-0.15, -0.1) is 0 Å². The zero-order chi connectivity index (χ0) is 11.3. The number of hydrogen-bond acceptors (Lipinski definition) is 2. The number of rotatable bonds is 1. The molecule has 1 saturated heterocycles. The number of carbonyl (C=O) groups excluding carboxylic acids is 1. The number of carboxylic acids is 1. The third kappa shape index (κ3) is 1.13. The molecule has 2 unspecified atom stereocenters. The molecule has 0 bridgehead atoms. The SMILES string of the molecule is CC1C(=O)N(C(C)(C)C)C1(C)C(=O)O. The number of β-lactam (4-membered cyclic amide) rings is 1. The normalized spacial score (nSPS) is 32.8. The van der Waals surface area contributed by atoms with E-state index in [-0.39, 0.29) is 5.91 Å². The van der Waals surface area contributed by atoms with Crippen molar-refractivity contribution >= 4 is 11.9 Å². The van der Waals surface area contributed by atoms with Gasteiger partial charge in [-0.1, -0.05) is 6.92 Å². The fourth-order valence-corrected chi connectivity index (χ4v) is 2.10. The van der Waals surface area contributed by atoms with E-state index in [1.807, 2.05) is 20.8 Å². The molecule has 1 fully saturated rings. The van der Waals surface area contributed by atoms with Gasteiger partial charge in [0.1, 0.15) is 5.54 Å². The van der Waals surface area contributed by atoms with Crippen molar-refractivity contribution in [3.8, 4) is 0 Å². The molecule has 0 aromatic heterocycles. The van der Waals surface area contributed by atoms with E-state index >= 15 is 0 Å². The fraction of sp³-hybridized carbons (Fsp3) is 0.800. The van der Waals surface area contributed by atoms with Gasteiger partial charge >= 0.3 is 5.97 Å². The summed E-state index contributed by atoms with van der Waals surface area (Å²) in [6.07, 6.45) is 0. The summed E-state index contributed by atoms with van der Waals surface area (Å²) in [6.45, 7) is 8.80. The molecule has 0 radical (unpaired) electrons. The molecule has 1 rings (SSSR count). The highest BCUT2D eigenvalue weighted by Crippen LogP contribution is 2.42. The quantitative estimate of drug-likeness (QED) is 0.643. The average molecular weight is 199 g/mol. The molecule has 0 spiro atoms. The first-order chi connectivity index (χ1) is 6.13. The Hall–Kier alpha value is -1.06. The van der Waals surface area contributed by atoms with Crippen LogP contribution < -0.4 is 0 Å². The van der Waals surface area contributed by atoms with Crippen molar-refractivity contribution in [1.29, 1.82) is 0 Å². The van der Waals surface area contributed by atoms with Gasteiger partial charge in [0, 0.05) is 5.54 Å². The maximum atomic E-state index is 11.6. The molecule has 0 aromatic rings. The maximum Gasteiger partial charge on any atom is 0.330 e. The van der Waals surface area contributed by atoms with E-state index < -0.39 is 23.0 Å². The molecule has 1 aliphatic rings. The number of aliphatic carboxylic acids is 1. The topological polar surface area (TPSA) is 57.6 Å². The van der Waals surface area contributed by atoms with Crippen LogP contribution in [0.5, 0.6) is 0 Å². The highest BCUT2D eigenvalue weighted by Gasteiger charge is 2.62. The minimum atomic E-state index is -1.05. The number of hydrogen-bond donors (Lipinski definition) is 1. The Kier molecular flexibility index (Phi) is 2.14. The third-order valence-corrected chi connectivity index (χ3v) is 3.00. The van der Waals surface area contributed by atoms with Crippen LogP contribution in [0.1, 0.15) is 34.6 Å². The molecule has 1 amide bonds. The van der Waals surface area contributed by atoms with Crippen LogP contribution in [0.3, 0.4) is 0 Å². The maximum absolute atomic E-state index is 11.6. The molecule has 1 heterocycles. The smallest absolute Gasteiger partial charge is 0.330 e. The second kappa shape index (κ2) is 2.72. The zero-order valence-corrected chi connectivity index (χ0v) is 9.29. The van der Waals surface area contributed by atoms with Gasteiger partial charge < -0.3 is 10.0 Å². The van der Waals surface area contributed by atoms with Gasteiger partial charge in [-0.3, -0.25) is 4.79 Å². The molecule has 0 aliphatic carbocycles. The number of nitrogens with zero attached hydrogens (tertiary/aromatic N) is 1. The van der Waals surface area contributed by atoms with Crippen molar-refractivity contribution < 1.29 is 14.7 Å². The highest BCUT2D eigenvalue weighted by molar-refractivity contribution is 6.00. The molecule has 1 N–H and O–H groups in total. The highest BCUT2D eigenvalue weighted by atomic mass is 16.4. The van der Waals surface area contributed by atoms with Gasteiger partial charge in [0.05, 0.1) is 5.92 Å². The average Bonchev–Trinajstić information content (AvgIpc) is 2.00. The van der Waals surface area contributed by atoms with Gasteiger partial charge in [-0.25, -0.2) is 4.79 Å². The summed E-state index contributed by atoms with van der Waals surface area (Å²) < 4.78 is 0. The lowest BCUT2D eigenvalue weighted by atomic mass is 9.72. The summed E-state index contributed by atoms with van der Waals surface area (Å²) in [5, 5.41) is 9.12. The summed E-state index contributed by atoms with van der Waals surface area (Å²) in [5.74, 6) is -1.44. The predicted octanol–water partition coefficient (Wildman–Crippen LogP) is 1.11.